The number of aliphatic hydroxyl groups excluding tert-OH is 4. The third kappa shape index (κ3) is 24.2. The van der Waals surface area contributed by atoms with Gasteiger partial charge in [-0.15, -0.1) is 0 Å². The molecule has 0 saturated heterocycles. The Morgan fingerprint density at radius 1 is 0.655 bits per heavy atom. The minimum atomic E-state index is -0.889. The maximum absolute atomic E-state index is 11.1. The topological polar surface area (TPSA) is 215 Å². The van der Waals surface area contributed by atoms with Crippen LogP contribution in [0.4, 0.5) is 0 Å². The van der Waals surface area contributed by atoms with Crippen molar-refractivity contribution in [2.45, 2.75) is 179 Å². The number of allylic oxidation sites excluding steroid dienone is 4. The minimum absolute atomic E-state index is 0. The van der Waals surface area contributed by atoms with Crippen LogP contribution in [0.15, 0.2) is 48.6 Å². The molecule has 0 unspecified atom stereocenters. The molecule has 8 N–H and O–H groups in total. The molecule has 10 atom stereocenters. The van der Waals surface area contributed by atoms with E-state index in [2.05, 4.69) is 18.6 Å². The number of hydrogen-bond donors (Lipinski definition) is 7. The van der Waals surface area contributed by atoms with Gasteiger partial charge >= 0.3 is 41.5 Å². The first-order valence-electron chi connectivity index (χ1n) is 20.2. The Morgan fingerprint density at radius 2 is 1.05 bits per heavy atom. The third-order valence-corrected chi connectivity index (χ3v) is 10.7. The van der Waals surface area contributed by atoms with E-state index in [0.29, 0.717) is 57.8 Å². The first-order chi connectivity index (χ1) is 25.1. The fourth-order valence-corrected chi connectivity index (χ4v) is 7.26. The van der Waals surface area contributed by atoms with Crippen molar-refractivity contribution in [1.82, 2.24) is 0 Å². The van der Waals surface area contributed by atoms with Crippen LogP contribution in [-0.2, 0) is 14.3 Å². The van der Waals surface area contributed by atoms with Crippen molar-refractivity contribution in [2.24, 2.45) is 23.7 Å². The van der Waals surface area contributed by atoms with E-state index in [0.717, 1.165) is 51.4 Å². The Labute approximate surface area is 353 Å². The first-order valence-corrected chi connectivity index (χ1v) is 20.2. The number of ether oxygens (including phenoxy) is 1. The summed E-state index contributed by atoms with van der Waals surface area (Å²) in [5, 5.41) is 70.7. The van der Waals surface area contributed by atoms with E-state index in [-0.39, 0.29) is 71.1 Å². The number of carboxylic acids is 1. The van der Waals surface area contributed by atoms with Crippen LogP contribution in [0.1, 0.15) is 143 Å². The van der Waals surface area contributed by atoms with E-state index in [1.54, 1.807) is 26.0 Å². The van der Waals surface area contributed by atoms with Gasteiger partial charge in [0.2, 0.25) is 0 Å². The number of aliphatic carboxylic acids is 1. The molecule has 314 valence electrons. The van der Waals surface area contributed by atoms with Crippen LogP contribution in [-0.4, -0.2) is 95.9 Å². The summed E-state index contributed by atoms with van der Waals surface area (Å²) in [6.45, 7) is 7.84. The molecule has 2 fully saturated rings. The van der Waals surface area contributed by atoms with Gasteiger partial charge < -0.3 is 46.0 Å². The van der Waals surface area contributed by atoms with Crippen molar-refractivity contribution in [3.8, 4) is 0 Å². The van der Waals surface area contributed by atoms with Crippen LogP contribution in [0.3, 0.4) is 0 Å². The Balaban J connectivity index is 0. The Hall–Kier alpha value is -1.38. The van der Waals surface area contributed by atoms with Crippen LogP contribution in [0, 0.1) is 23.7 Å². The van der Waals surface area contributed by atoms with Crippen molar-refractivity contribution in [1.29, 1.82) is 0 Å². The Kier molecular flexibility index (Phi) is 31.1. The molecule has 0 aromatic rings. The summed E-state index contributed by atoms with van der Waals surface area (Å²) >= 11 is 0. The van der Waals surface area contributed by atoms with Gasteiger partial charge in [-0.25, -0.2) is 0 Å². The second-order valence-electron chi connectivity index (χ2n) is 15.7. The average molecular weight is 791 g/mol. The van der Waals surface area contributed by atoms with Gasteiger partial charge in [0.1, 0.15) is 0 Å². The molecule has 55 heavy (non-hydrogen) atoms. The maximum atomic E-state index is 11.1. The zero-order valence-corrected chi connectivity index (χ0v) is 36.8. The summed E-state index contributed by atoms with van der Waals surface area (Å²) in [5.41, 5.74) is -1.77. The summed E-state index contributed by atoms with van der Waals surface area (Å²) in [5.74, 6) is -1.45. The molecule has 0 amide bonds. The van der Waals surface area contributed by atoms with Gasteiger partial charge in [-0.1, -0.05) is 101 Å². The van der Waals surface area contributed by atoms with Crippen LogP contribution in [0.25, 0.3) is 0 Å². The van der Waals surface area contributed by atoms with Gasteiger partial charge in [0.15, 0.2) is 0 Å². The zero-order valence-electron chi connectivity index (χ0n) is 34.8. The van der Waals surface area contributed by atoms with Gasteiger partial charge in [0, 0.05) is 37.5 Å². The first kappa shape index (κ1) is 55.7. The molecule has 12 heteroatoms. The molecule has 2 rings (SSSR count). The van der Waals surface area contributed by atoms with Gasteiger partial charge in [-0.05, 0) is 77.0 Å². The molecule has 0 aromatic heterocycles. The molecule has 2 aliphatic rings. The van der Waals surface area contributed by atoms with Crippen LogP contribution in [0.2, 0.25) is 0 Å². The van der Waals surface area contributed by atoms with Crippen molar-refractivity contribution in [2.75, 3.05) is 7.11 Å². The van der Waals surface area contributed by atoms with E-state index in [1.807, 2.05) is 36.5 Å². The summed E-state index contributed by atoms with van der Waals surface area (Å²) in [6, 6.07) is 0. The fourth-order valence-electron chi connectivity index (χ4n) is 7.26. The summed E-state index contributed by atoms with van der Waals surface area (Å²) < 4.78 is 4.61. The number of carbonyl (C=O) groups is 2. The molecule has 0 radical (unpaired) electrons. The van der Waals surface area contributed by atoms with Crippen LogP contribution < -0.4 is 29.6 Å². The molecule has 11 nitrogen and oxygen atoms in total. The number of rotatable bonds is 24. The summed E-state index contributed by atoms with van der Waals surface area (Å²) in [4.78, 5) is 21.6. The quantitative estimate of drug-likeness (QED) is 0.0323. The third-order valence-electron chi connectivity index (χ3n) is 10.7. The standard InChI is InChI=1S/C22H38O5.C21H36O5.Na.H2O/c1-4-5-10-14-22(2,26)15-13-18-17(19(23)16-20(18)24)11-8-6-7-9-12-21(25)27-3;1-3-4-9-13-21(2,26)14-12-17-16(18(22)15-19(17)23)10-7-5-6-8-11-20(24)25;;/h6,8,13,15,17-20,23-24,26H,4-5,7,9-12,14,16H2,1-3H3;5,7,12,14,16-19,22-23,26H,3-4,6,8-11,13,15H2,1-2H3,(H,24,25);;1H2/q;;+1;/p-1/b8-6-,15-13+;7-5-,14-12+;;/t17-,18-,19+,20-,22+;16-,17-,18+,19-,21+;;/m11../s1. The van der Waals surface area contributed by atoms with Crippen molar-refractivity contribution >= 4 is 11.9 Å². The second kappa shape index (κ2) is 30.7. The molecule has 0 aliphatic heterocycles. The predicted molar refractivity (Wildman–Crippen MR) is 212 cm³/mol. The van der Waals surface area contributed by atoms with E-state index >= 15 is 0 Å². The molecular weight excluding hydrogens is 715 g/mol. The van der Waals surface area contributed by atoms with Crippen molar-refractivity contribution < 1.29 is 85.1 Å². The monoisotopic (exact) mass is 791 g/mol. The molecule has 2 saturated carbocycles. The number of unbranched alkanes of at least 4 members (excludes halogenated alkanes) is 6. The predicted octanol–water partition coefficient (Wildman–Crippen LogP) is 3.78. The second-order valence-corrected chi connectivity index (χ2v) is 15.7. The van der Waals surface area contributed by atoms with E-state index in [4.69, 9.17) is 5.11 Å². The van der Waals surface area contributed by atoms with Crippen molar-refractivity contribution in [3.05, 3.63) is 48.6 Å². The normalized spacial score (nSPS) is 27.4. The molecule has 0 aromatic carbocycles. The smallest absolute Gasteiger partial charge is 0.870 e. The van der Waals surface area contributed by atoms with Gasteiger partial charge in [-0.2, -0.15) is 0 Å². The van der Waals surface area contributed by atoms with Gasteiger partial charge in [0.25, 0.3) is 0 Å². The molecule has 2 aliphatic carbocycles. The van der Waals surface area contributed by atoms with E-state index in [9.17, 15) is 40.2 Å². The largest absolute Gasteiger partial charge is 1.00 e. The average Bonchev–Trinajstić information content (AvgIpc) is 3.52. The SMILES string of the molecule is CCCCC[C@](C)(O)/C=C/[C@@H]1[C@@H](C/C=C\CCCC(=O)O)[C@@H](O)C[C@H]1O.CCCCC[C@](C)(O)/C=C/[C@@H]1[C@@H](C/C=C\CCCC(=O)OC)[C@@H](O)C[C@H]1O.[Na+].[OH-]. The number of methoxy groups -OCH3 is 1. The number of esters is 1. The minimum Gasteiger partial charge on any atom is -0.870 e. The number of carbonyl (C=O) groups excluding carboxylic acids is 1. The van der Waals surface area contributed by atoms with E-state index < -0.39 is 41.6 Å². The van der Waals surface area contributed by atoms with Crippen molar-refractivity contribution in [3.63, 3.8) is 0 Å². The maximum Gasteiger partial charge on any atom is 1.00 e. The number of hydrogen-bond acceptors (Lipinski definition) is 10. The molecular formula is C43H75NaO11. The van der Waals surface area contributed by atoms with Crippen LogP contribution >= 0.6 is 0 Å². The molecule has 0 spiro atoms. The summed E-state index contributed by atoms with van der Waals surface area (Å²) in [7, 11) is 1.39. The Bertz CT molecular complexity index is 1140. The fraction of sp³-hybridized carbons (Fsp3) is 0.767. The molecule has 0 bridgehead atoms. The van der Waals surface area contributed by atoms with Gasteiger partial charge in [-0.3, -0.25) is 9.59 Å². The number of aliphatic hydroxyl groups is 6. The molecule has 0 heterocycles. The van der Waals surface area contributed by atoms with Gasteiger partial charge in [0.05, 0.1) is 42.7 Å². The number of carboxylic acid groups (broad SMARTS) is 1. The zero-order chi connectivity index (χ0) is 39.9. The van der Waals surface area contributed by atoms with E-state index in [1.165, 1.54) is 7.11 Å². The van der Waals surface area contributed by atoms with Crippen LogP contribution in [0.5, 0.6) is 0 Å². The summed E-state index contributed by atoms with van der Waals surface area (Å²) in [6.07, 6.45) is 26.1. The Morgan fingerprint density at radius 3 is 1.42 bits per heavy atom.